The summed E-state index contributed by atoms with van der Waals surface area (Å²) in [6.45, 7) is 0.402. The number of hydroxylamine groups is 1. The number of quaternary nitrogens is 1. The van der Waals surface area contributed by atoms with E-state index >= 15 is 0 Å². The number of hydrazine groups is 1. The van der Waals surface area contributed by atoms with Gasteiger partial charge in [-0.25, -0.2) is 9.55 Å². The molecule has 0 saturated carbocycles. The second-order valence-electron chi connectivity index (χ2n) is 4.91. The Kier molecular flexibility index (Phi) is 3.64. The summed E-state index contributed by atoms with van der Waals surface area (Å²) in [7, 11) is 0. The Morgan fingerprint density at radius 2 is 1.82 bits per heavy atom. The van der Waals surface area contributed by atoms with E-state index in [0.717, 1.165) is 0 Å². The van der Waals surface area contributed by atoms with Crippen molar-refractivity contribution < 1.29 is 9.90 Å². The summed E-state index contributed by atoms with van der Waals surface area (Å²) in [5.74, 6) is -1.03. The Labute approximate surface area is 127 Å². The number of nitrogens with one attached hydrogen (secondary N) is 1. The van der Waals surface area contributed by atoms with Crippen LogP contribution in [-0.4, -0.2) is 17.6 Å². The molecule has 112 valence electrons. The molecule has 22 heavy (non-hydrogen) atoms. The van der Waals surface area contributed by atoms with E-state index in [1.807, 2.05) is 6.07 Å². The Morgan fingerprint density at radius 1 is 1.14 bits per heavy atom. The van der Waals surface area contributed by atoms with Gasteiger partial charge in [-0.05, 0) is 18.2 Å². The van der Waals surface area contributed by atoms with Crippen LogP contribution in [0.15, 0.2) is 66.9 Å². The van der Waals surface area contributed by atoms with Crippen molar-refractivity contribution in [1.82, 2.24) is 10.3 Å². The average Bonchev–Trinajstić information content (AvgIpc) is 2.56. The normalized spacial score (nSPS) is 20.9. The minimum Gasteiger partial charge on any atom is -0.600 e. The van der Waals surface area contributed by atoms with Crippen molar-refractivity contribution in [3.05, 3.63) is 77.6 Å². The van der Waals surface area contributed by atoms with Gasteiger partial charge in [0, 0.05) is 12.1 Å². The molecule has 0 bridgehead atoms. The molecule has 1 atom stereocenters. The summed E-state index contributed by atoms with van der Waals surface area (Å²) in [4.78, 5) is 11.3. The fourth-order valence-electron chi connectivity index (χ4n) is 2.39. The van der Waals surface area contributed by atoms with Gasteiger partial charge in [-0.1, -0.05) is 35.9 Å². The zero-order chi connectivity index (χ0) is 15.6. The van der Waals surface area contributed by atoms with E-state index < -0.39 is 10.7 Å². The summed E-state index contributed by atoms with van der Waals surface area (Å²) in [5.41, 5.74) is 3.93. The number of rotatable bonds is 3. The molecule has 0 fully saturated rings. The molecular weight excluding hydrogens is 282 g/mol. The highest BCUT2D eigenvalue weighted by Crippen LogP contribution is 2.26. The summed E-state index contributed by atoms with van der Waals surface area (Å²) in [6.07, 6.45) is 3.21. The van der Waals surface area contributed by atoms with Crippen LogP contribution in [0.5, 0.6) is 0 Å². The second kappa shape index (κ2) is 5.61. The lowest BCUT2D eigenvalue weighted by Crippen LogP contribution is -2.61. The van der Waals surface area contributed by atoms with Gasteiger partial charge in [0.2, 0.25) is 0 Å². The van der Waals surface area contributed by atoms with Crippen LogP contribution in [0.4, 0.5) is 11.4 Å². The number of nitrogens with zero attached hydrogens (tertiary/aromatic N) is 2. The first kappa shape index (κ1) is 14.3. The molecule has 1 aliphatic heterocycles. The molecule has 6 heteroatoms. The number of aromatic carboxylic acids is 1. The van der Waals surface area contributed by atoms with E-state index in [0.29, 0.717) is 17.9 Å². The fraction of sp³-hybridized carbons (Fsp3) is 0.0625. The van der Waals surface area contributed by atoms with Crippen LogP contribution in [0.25, 0.3) is 0 Å². The highest BCUT2D eigenvalue weighted by molar-refractivity contribution is 5.94. The molecule has 0 amide bonds. The number of carboxylic acid groups (broad SMARTS) is 1. The first-order chi connectivity index (χ1) is 10.6. The molecule has 1 heterocycles. The van der Waals surface area contributed by atoms with Crippen LogP contribution in [0, 0.1) is 5.21 Å². The second-order valence-corrected chi connectivity index (χ2v) is 4.91. The third kappa shape index (κ3) is 2.58. The number of hydrogen-bond acceptors (Lipinski definition) is 4. The molecule has 1 unspecified atom stereocenters. The fourth-order valence-corrected chi connectivity index (χ4v) is 2.39. The average molecular weight is 297 g/mol. The number of carboxylic acids is 1. The van der Waals surface area contributed by atoms with Crippen molar-refractivity contribution in [1.29, 1.82) is 0 Å². The van der Waals surface area contributed by atoms with Crippen molar-refractivity contribution in [2.45, 2.75) is 0 Å². The zero-order valence-corrected chi connectivity index (χ0v) is 11.7. The van der Waals surface area contributed by atoms with Gasteiger partial charge in [0.15, 0.2) is 5.69 Å². The summed E-state index contributed by atoms with van der Waals surface area (Å²) < 4.78 is -0.880. The van der Waals surface area contributed by atoms with Gasteiger partial charge in [-0.15, -0.1) is 0 Å². The number of hydrogen-bond donors (Lipinski definition) is 2. The predicted octanol–water partition coefficient (Wildman–Crippen LogP) is 2.64. The minimum atomic E-state index is -1.03. The SMILES string of the molecule is O=C(O)c1ccccc1N1CC=C[N+]([O-])(c2ccccc2)N1. The third-order valence-corrected chi connectivity index (χ3v) is 3.44. The molecule has 0 aliphatic carbocycles. The topological polar surface area (TPSA) is 75.6 Å². The van der Waals surface area contributed by atoms with Gasteiger partial charge in [0.05, 0.1) is 17.8 Å². The van der Waals surface area contributed by atoms with E-state index in [9.17, 15) is 15.1 Å². The Bertz CT molecular complexity index is 718. The molecule has 0 spiro atoms. The lowest BCUT2D eigenvalue weighted by Gasteiger charge is -2.44. The molecule has 0 aromatic heterocycles. The van der Waals surface area contributed by atoms with E-state index in [4.69, 9.17) is 0 Å². The van der Waals surface area contributed by atoms with E-state index in [1.54, 1.807) is 53.5 Å². The standard InChI is InChI=1S/C16H15N3O3/c20-16(21)14-9-4-5-10-15(14)18-11-6-12-19(22,17-18)13-7-2-1-3-8-13/h1-10,12,17H,11H2,(H,20,21). The summed E-state index contributed by atoms with van der Waals surface area (Å²) in [5, 5.41) is 23.8. The first-order valence-electron chi connectivity index (χ1n) is 6.81. The van der Waals surface area contributed by atoms with Crippen molar-refractivity contribution in [2.75, 3.05) is 11.6 Å². The van der Waals surface area contributed by atoms with Gasteiger partial charge in [-0.2, -0.15) is 0 Å². The van der Waals surface area contributed by atoms with Crippen LogP contribution in [0.2, 0.25) is 0 Å². The Morgan fingerprint density at radius 3 is 2.55 bits per heavy atom. The van der Waals surface area contributed by atoms with Crippen molar-refractivity contribution in [2.24, 2.45) is 0 Å². The third-order valence-electron chi connectivity index (χ3n) is 3.44. The van der Waals surface area contributed by atoms with Gasteiger partial charge in [0.1, 0.15) is 6.20 Å². The molecule has 6 nitrogen and oxygen atoms in total. The van der Waals surface area contributed by atoms with Gasteiger partial charge < -0.3 is 10.3 Å². The molecule has 3 rings (SSSR count). The highest BCUT2D eigenvalue weighted by Gasteiger charge is 2.27. The number of benzene rings is 2. The number of carbonyl (C=O) groups is 1. The maximum Gasteiger partial charge on any atom is 0.337 e. The van der Waals surface area contributed by atoms with Crippen molar-refractivity contribution in [3.63, 3.8) is 0 Å². The first-order valence-corrected chi connectivity index (χ1v) is 6.81. The Hall–Kier alpha value is -2.67. The number of anilines is 1. The van der Waals surface area contributed by atoms with Crippen LogP contribution < -0.4 is 15.3 Å². The number of para-hydroxylation sites is 2. The largest absolute Gasteiger partial charge is 0.600 e. The summed E-state index contributed by atoms with van der Waals surface area (Å²) in [6, 6.07) is 15.4. The van der Waals surface area contributed by atoms with E-state index in [-0.39, 0.29) is 5.56 Å². The highest BCUT2D eigenvalue weighted by atomic mass is 16.6. The van der Waals surface area contributed by atoms with Gasteiger partial charge in [-0.3, -0.25) is 5.01 Å². The monoisotopic (exact) mass is 297 g/mol. The molecule has 1 aliphatic rings. The minimum absolute atomic E-state index is 0.143. The lowest BCUT2D eigenvalue weighted by atomic mass is 10.1. The summed E-state index contributed by atoms with van der Waals surface area (Å²) >= 11 is 0. The van der Waals surface area contributed by atoms with Crippen molar-refractivity contribution in [3.8, 4) is 0 Å². The van der Waals surface area contributed by atoms with Crippen LogP contribution in [0.1, 0.15) is 10.4 Å². The predicted molar refractivity (Wildman–Crippen MR) is 84.6 cm³/mol. The maximum atomic E-state index is 12.9. The van der Waals surface area contributed by atoms with E-state index in [2.05, 4.69) is 5.53 Å². The van der Waals surface area contributed by atoms with Crippen LogP contribution >= 0.6 is 0 Å². The molecule has 2 aromatic carbocycles. The van der Waals surface area contributed by atoms with Gasteiger partial charge in [0.25, 0.3) is 0 Å². The molecular formula is C16H15N3O3. The molecule has 2 N–H and O–H groups in total. The van der Waals surface area contributed by atoms with Gasteiger partial charge >= 0.3 is 5.97 Å². The van der Waals surface area contributed by atoms with E-state index in [1.165, 1.54) is 12.3 Å². The molecule has 0 radical (unpaired) electrons. The molecule has 0 saturated heterocycles. The molecule has 2 aromatic rings. The quantitative estimate of drug-likeness (QED) is 0.673. The van der Waals surface area contributed by atoms with Crippen molar-refractivity contribution >= 4 is 17.3 Å². The maximum absolute atomic E-state index is 12.9. The lowest BCUT2D eigenvalue weighted by molar-refractivity contribution is 0.0697. The van der Waals surface area contributed by atoms with Crippen LogP contribution in [0.3, 0.4) is 0 Å². The zero-order valence-electron chi connectivity index (χ0n) is 11.7. The van der Waals surface area contributed by atoms with Crippen LogP contribution in [-0.2, 0) is 0 Å². The smallest absolute Gasteiger partial charge is 0.337 e. The Balaban J connectivity index is 1.96.